The van der Waals surface area contributed by atoms with Gasteiger partial charge in [0.25, 0.3) is 6.71 Å². The number of aromatic nitrogens is 1. The van der Waals surface area contributed by atoms with Gasteiger partial charge in [0.2, 0.25) is 0 Å². The third kappa shape index (κ3) is 9.95. The molecule has 13 aromatic rings. The zero-order valence-corrected chi connectivity index (χ0v) is 58.5. The molecule has 0 fully saturated rings. The molecule has 0 aliphatic carbocycles. The first-order valence-corrected chi connectivity index (χ1v) is 34.5. The van der Waals surface area contributed by atoms with Crippen molar-refractivity contribution >= 4 is 124 Å². The predicted octanol–water partition coefficient (Wildman–Crippen LogP) is 23.4. The molecule has 96 heavy (non-hydrogen) atoms. The maximum absolute atomic E-state index is 2.72. The Morgan fingerprint density at radius 3 is 1.38 bits per heavy atom. The van der Waals surface area contributed by atoms with Gasteiger partial charge in [-0.3, -0.25) is 0 Å². The molecule has 0 atom stereocenters. The highest BCUT2D eigenvalue weighted by molar-refractivity contribution is 7.00. The van der Waals surface area contributed by atoms with E-state index in [4.69, 9.17) is 0 Å². The summed E-state index contributed by atoms with van der Waals surface area (Å²) in [4.78, 5) is 10.3. The normalized spacial score (nSPS) is 13.5. The van der Waals surface area contributed by atoms with Crippen LogP contribution in [0.4, 0.5) is 68.2 Å². The maximum Gasteiger partial charge on any atom is 0.252 e. The van der Waals surface area contributed by atoms with Gasteiger partial charge in [-0.05, 0) is 208 Å². The smallest absolute Gasteiger partial charge is 0.252 e. The van der Waals surface area contributed by atoms with Gasteiger partial charge in [0.15, 0.2) is 0 Å². The van der Waals surface area contributed by atoms with E-state index in [0.29, 0.717) is 0 Å². The van der Waals surface area contributed by atoms with Crippen LogP contribution in [0.1, 0.15) is 132 Å². The third-order valence-electron chi connectivity index (χ3n) is 20.8. The minimum Gasteiger partial charge on any atom is -0.311 e. The topological polar surface area (TPSA) is 17.9 Å². The molecule has 0 spiro atoms. The van der Waals surface area contributed by atoms with Crippen molar-refractivity contribution in [3.05, 3.63) is 277 Å². The number of anilines is 12. The van der Waals surface area contributed by atoms with E-state index in [1.807, 2.05) is 0 Å². The fourth-order valence-electron chi connectivity index (χ4n) is 15.5. The van der Waals surface area contributed by atoms with Crippen molar-refractivity contribution in [2.24, 2.45) is 0 Å². The molecule has 474 valence electrons. The van der Waals surface area contributed by atoms with Gasteiger partial charge in [0.1, 0.15) is 0 Å². The van der Waals surface area contributed by atoms with Crippen molar-refractivity contribution in [2.45, 2.75) is 131 Å². The zero-order valence-electron chi connectivity index (χ0n) is 58.5. The van der Waals surface area contributed by atoms with E-state index in [1.54, 1.807) is 0 Å². The molecule has 0 amide bonds. The SMILES string of the molecule is CC(C)(C)c1ccc(N(c2ccc(C(C)(C)C)cc2)c2ccc3c(c2)N(c2ccc(-c4cccc5ccccc45)cc2)c2cc(N(c4ccccc4)c4ccccc4)cc4c2B3c2cc(C(C)(C)C)cc3c2N4c2cc(C(C)(C)C)cc4c5cc(C(C)(C)C)ccc5n-3c24)cc1. The molecular weight excluding hydrogens is 1160 g/mol. The lowest BCUT2D eigenvalue weighted by Gasteiger charge is -2.47. The van der Waals surface area contributed by atoms with Gasteiger partial charge in [-0.2, -0.15) is 0 Å². The fraction of sp³-hybridized carbons (Fsp3) is 0.222. The molecule has 1 aromatic heterocycles. The quantitative estimate of drug-likeness (QED) is 0.141. The Kier molecular flexibility index (Phi) is 13.8. The van der Waals surface area contributed by atoms with Crippen LogP contribution < -0.4 is 36.0 Å². The average molecular weight is 1250 g/mol. The first-order chi connectivity index (χ1) is 45.8. The summed E-state index contributed by atoms with van der Waals surface area (Å²) >= 11 is 0. The van der Waals surface area contributed by atoms with Gasteiger partial charge in [-0.15, -0.1) is 0 Å². The van der Waals surface area contributed by atoms with E-state index < -0.39 is 0 Å². The van der Waals surface area contributed by atoms with Gasteiger partial charge in [-0.1, -0.05) is 237 Å². The molecule has 3 aliphatic rings. The summed E-state index contributed by atoms with van der Waals surface area (Å²) in [6, 6.07) is 95.5. The second-order valence-electron chi connectivity index (χ2n) is 32.4. The molecule has 3 aliphatic heterocycles. The molecule has 0 radical (unpaired) electrons. The second kappa shape index (κ2) is 21.7. The van der Waals surface area contributed by atoms with Crippen LogP contribution in [-0.2, 0) is 27.1 Å². The average Bonchev–Trinajstić information content (AvgIpc) is 1.21. The molecule has 0 bridgehead atoms. The predicted molar refractivity (Wildman–Crippen MR) is 414 cm³/mol. The third-order valence-corrected chi connectivity index (χ3v) is 20.8. The number of hydrogen-bond donors (Lipinski definition) is 0. The van der Waals surface area contributed by atoms with Crippen LogP contribution >= 0.6 is 0 Å². The van der Waals surface area contributed by atoms with E-state index in [2.05, 4.69) is 377 Å². The highest BCUT2D eigenvalue weighted by Gasteiger charge is 2.48. The van der Waals surface area contributed by atoms with Gasteiger partial charge in [-0.25, -0.2) is 0 Å². The molecule has 5 nitrogen and oxygen atoms in total. The van der Waals surface area contributed by atoms with Gasteiger partial charge in [0.05, 0.1) is 33.8 Å². The number of nitrogens with zero attached hydrogens (tertiary/aromatic N) is 5. The fourth-order valence-corrected chi connectivity index (χ4v) is 15.5. The Morgan fingerprint density at radius 1 is 0.302 bits per heavy atom. The van der Waals surface area contributed by atoms with Crippen LogP contribution in [0.3, 0.4) is 0 Å². The number of rotatable bonds is 8. The minimum absolute atomic E-state index is 0.0127. The monoisotopic (exact) mass is 1250 g/mol. The Balaban J connectivity index is 1.05. The van der Waals surface area contributed by atoms with Crippen molar-refractivity contribution in [3.8, 4) is 16.8 Å². The number of hydrogen-bond acceptors (Lipinski definition) is 4. The Bertz CT molecular complexity index is 5140. The first-order valence-electron chi connectivity index (χ1n) is 34.5. The Morgan fingerprint density at radius 2 is 0.781 bits per heavy atom. The summed E-state index contributed by atoms with van der Waals surface area (Å²) < 4.78 is 2.66. The molecule has 12 aromatic carbocycles. The summed E-state index contributed by atoms with van der Waals surface area (Å²) in [5, 5.41) is 5.04. The summed E-state index contributed by atoms with van der Waals surface area (Å²) in [7, 11) is 0. The van der Waals surface area contributed by atoms with Crippen LogP contribution in [0.2, 0.25) is 0 Å². The lowest BCUT2D eigenvalue weighted by molar-refractivity contribution is 0.590. The molecular formula is C90H86BN5. The highest BCUT2D eigenvalue weighted by Crippen LogP contribution is 2.56. The Hall–Kier alpha value is -10.0. The van der Waals surface area contributed by atoms with Crippen LogP contribution in [0, 0.1) is 0 Å². The largest absolute Gasteiger partial charge is 0.311 e. The van der Waals surface area contributed by atoms with Gasteiger partial charge < -0.3 is 24.2 Å². The highest BCUT2D eigenvalue weighted by atomic mass is 15.2. The molecule has 0 N–H and O–H groups in total. The van der Waals surface area contributed by atoms with Crippen LogP contribution in [0.25, 0.3) is 49.4 Å². The van der Waals surface area contributed by atoms with Crippen molar-refractivity contribution in [1.29, 1.82) is 0 Å². The lowest BCUT2D eigenvalue weighted by Crippen LogP contribution is -2.62. The van der Waals surface area contributed by atoms with E-state index in [1.165, 1.54) is 111 Å². The molecule has 4 heterocycles. The summed E-state index contributed by atoms with van der Waals surface area (Å²) in [5.41, 5.74) is 29.5. The van der Waals surface area contributed by atoms with Crippen molar-refractivity contribution in [1.82, 2.24) is 4.57 Å². The van der Waals surface area contributed by atoms with E-state index in [9.17, 15) is 0 Å². The van der Waals surface area contributed by atoms with Crippen molar-refractivity contribution < 1.29 is 0 Å². The van der Waals surface area contributed by atoms with E-state index in [-0.39, 0.29) is 33.8 Å². The van der Waals surface area contributed by atoms with E-state index in [0.717, 1.165) is 51.2 Å². The first kappa shape index (κ1) is 60.9. The molecule has 6 heteroatoms. The standard InChI is InChI=1S/C90H86BN5/c1-86(2,3)59-35-42-66(43-36-59)92(67-44-37-60(38-45-67)87(4,5)6)69-46-47-75-78(54-69)94(68-40-33-58(34-41-68)72-32-24-26-57-25-22-23-31-71(57)72)79-55-70(93(64-27-18-16-19-28-64)65-29-20-17-21-30-65)56-80-83(79)91(75)76-51-63(90(13,14)15)53-82-85(76)96(80)81-52-62(89(10,11)12)50-74-73-49-61(88(7,8)9)39-48-77(73)95(82)84(74)81/h16-56H,1-15H3. The van der Waals surface area contributed by atoms with Gasteiger partial charge in [0, 0.05) is 62.0 Å². The maximum atomic E-state index is 2.72. The van der Waals surface area contributed by atoms with Gasteiger partial charge >= 0.3 is 0 Å². The van der Waals surface area contributed by atoms with Crippen LogP contribution in [-0.4, -0.2) is 11.3 Å². The second-order valence-corrected chi connectivity index (χ2v) is 32.4. The summed E-state index contributed by atoms with van der Waals surface area (Å²) in [5.74, 6) is 0. The number of benzene rings is 12. The van der Waals surface area contributed by atoms with E-state index >= 15 is 0 Å². The van der Waals surface area contributed by atoms with Crippen molar-refractivity contribution in [2.75, 3.05) is 19.6 Å². The summed E-state index contributed by atoms with van der Waals surface area (Å²) in [6.07, 6.45) is 0. The number of para-hydroxylation sites is 2. The summed E-state index contributed by atoms with van der Waals surface area (Å²) in [6.45, 7) is 35.0. The zero-order chi connectivity index (χ0) is 66.7. The Labute approximate surface area is 569 Å². The minimum atomic E-state index is -0.197. The van der Waals surface area contributed by atoms with Crippen molar-refractivity contribution in [3.63, 3.8) is 0 Å². The molecule has 16 rings (SSSR count). The molecule has 0 saturated carbocycles. The molecule has 0 unspecified atom stereocenters. The molecule has 0 saturated heterocycles. The lowest BCUT2D eigenvalue weighted by atomic mass is 9.33. The van der Waals surface area contributed by atoms with Crippen LogP contribution in [0.15, 0.2) is 249 Å². The number of fused-ring (bicyclic) bond motifs is 10. The van der Waals surface area contributed by atoms with Crippen LogP contribution in [0.5, 0.6) is 0 Å².